The number of hydrogen-bond acceptors (Lipinski definition) is 3. The van der Waals surface area contributed by atoms with Crippen molar-refractivity contribution >= 4 is 5.91 Å². The van der Waals surface area contributed by atoms with Crippen LogP contribution in [-0.4, -0.2) is 35.1 Å². The molecule has 0 saturated carbocycles. The fourth-order valence-electron chi connectivity index (χ4n) is 2.63. The van der Waals surface area contributed by atoms with Gasteiger partial charge in [0.1, 0.15) is 0 Å². The molecule has 1 aromatic carbocycles. The van der Waals surface area contributed by atoms with Crippen molar-refractivity contribution in [2.24, 2.45) is 0 Å². The average molecular weight is 262 g/mol. The summed E-state index contributed by atoms with van der Waals surface area (Å²) in [5.41, 5.74) is 2.39. The number of carbonyl (C=O) groups is 1. The zero-order valence-corrected chi connectivity index (χ0v) is 11.4. The van der Waals surface area contributed by atoms with E-state index in [2.05, 4.69) is 22.3 Å². The maximum absolute atomic E-state index is 11.0. The SMILES string of the molecule is CC(=O)NCc1ccccc1CN1CCCC1CO. The van der Waals surface area contributed by atoms with Gasteiger partial charge in [-0.3, -0.25) is 9.69 Å². The Morgan fingerprint density at radius 1 is 1.42 bits per heavy atom. The summed E-state index contributed by atoms with van der Waals surface area (Å²) in [7, 11) is 0. The van der Waals surface area contributed by atoms with E-state index in [1.807, 2.05) is 12.1 Å². The van der Waals surface area contributed by atoms with Gasteiger partial charge >= 0.3 is 0 Å². The van der Waals surface area contributed by atoms with Crippen LogP contribution in [0.4, 0.5) is 0 Å². The lowest BCUT2D eigenvalue weighted by molar-refractivity contribution is -0.119. The number of nitrogens with one attached hydrogen (secondary N) is 1. The number of aliphatic hydroxyl groups is 1. The third-order valence-electron chi connectivity index (χ3n) is 3.73. The molecule has 0 aliphatic carbocycles. The molecule has 19 heavy (non-hydrogen) atoms. The first-order chi connectivity index (χ1) is 9.20. The molecule has 0 aromatic heterocycles. The molecule has 1 unspecified atom stereocenters. The summed E-state index contributed by atoms with van der Waals surface area (Å²) in [6, 6.07) is 8.46. The van der Waals surface area contributed by atoms with E-state index in [0.717, 1.165) is 31.5 Å². The van der Waals surface area contributed by atoms with Crippen molar-refractivity contribution in [2.45, 2.75) is 38.9 Å². The van der Waals surface area contributed by atoms with Gasteiger partial charge in [0.05, 0.1) is 6.61 Å². The molecule has 0 bridgehead atoms. The van der Waals surface area contributed by atoms with Gasteiger partial charge in [-0.25, -0.2) is 0 Å². The lowest BCUT2D eigenvalue weighted by Crippen LogP contribution is -2.32. The molecule has 1 amide bonds. The number of hydrogen-bond donors (Lipinski definition) is 2. The summed E-state index contributed by atoms with van der Waals surface area (Å²) in [5, 5.41) is 12.2. The zero-order chi connectivity index (χ0) is 13.7. The quantitative estimate of drug-likeness (QED) is 0.840. The van der Waals surface area contributed by atoms with Gasteiger partial charge < -0.3 is 10.4 Å². The Kier molecular flexibility index (Phi) is 4.93. The molecule has 1 aromatic rings. The maximum atomic E-state index is 11.0. The van der Waals surface area contributed by atoms with Crippen molar-refractivity contribution in [2.75, 3.05) is 13.2 Å². The predicted octanol–water partition coefficient (Wildman–Crippen LogP) is 1.28. The predicted molar refractivity (Wildman–Crippen MR) is 74.5 cm³/mol. The van der Waals surface area contributed by atoms with E-state index in [9.17, 15) is 9.90 Å². The number of rotatable bonds is 5. The Morgan fingerprint density at radius 2 is 2.16 bits per heavy atom. The van der Waals surface area contributed by atoms with Gasteiger partial charge in [0.2, 0.25) is 5.91 Å². The molecule has 104 valence electrons. The first-order valence-corrected chi connectivity index (χ1v) is 6.87. The van der Waals surface area contributed by atoms with Crippen LogP contribution in [0.3, 0.4) is 0 Å². The van der Waals surface area contributed by atoms with E-state index >= 15 is 0 Å². The highest BCUT2D eigenvalue weighted by Gasteiger charge is 2.24. The molecule has 1 saturated heterocycles. The largest absolute Gasteiger partial charge is 0.395 e. The van der Waals surface area contributed by atoms with E-state index in [0.29, 0.717) is 6.54 Å². The summed E-state index contributed by atoms with van der Waals surface area (Å²) in [6.07, 6.45) is 2.23. The zero-order valence-electron chi connectivity index (χ0n) is 11.4. The Morgan fingerprint density at radius 3 is 2.84 bits per heavy atom. The van der Waals surface area contributed by atoms with Crippen molar-refractivity contribution in [1.82, 2.24) is 10.2 Å². The Hall–Kier alpha value is -1.39. The van der Waals surface area contributed by atoms with E-state index in [-0.39, 0.29) is 18.6 Å². The minimum Gasteiger partial charge on any atom is -0.395 e. The topological polar surface area (TPSA) is 52.6 Å². The molecule has 0 radical (unpaired) electrons. The Balaban J connectivity index is 2.04. The maximum Gasteiger partial charge on any atom is 0.217 e. The van der Waals surface area contributed by atoms with Crippen LogP contribution >= 0.6 is 0 Å². The smallest absolute Gasteiger partial charge is 0.217 e. The third-order valence-corrected chi connectivity index (χ3v) is 3.73. The summed E-state index contributed by atoms with van der Waals surface area (Å²) < 4.78 is 0. The van der Waals surface area contributed by atoms with Crippen molar-refractivity contribution < 1.29 is 9.90 Å². The van der Waals surface area contributed by atoms with Crippen LogP contribution in [0.25, 0.3) is 0 Å². The molecular weight excluding hydrogens is 240 g/mol. The normalized spacial score (nSPS) is 19.6. The van der Waals surface area contributed by atoms with Crippen LogP contribution in [0.15, 0.2) is 24.3 Å². The van der Waals surface area contributed by atoms with Crippen LogP contribution in [0, 0.1) is 0 Å². The van der Waals surface area contributed by atoms with Gasteiger partial charge in [-0.2, -0.15) is 0 Å². The second-order valence-electron chi connectivity index (χ2n) is 5.13. The third kappa shape index (κ3) is 3.78. The molecule has 1 atom stereocenters. The molecule has 1 fully saturated rings. The van der Waals surface area contributed by atoms with Crippen molar-refractivity contribution in [1.29, 1.82) is 0 Å². The molecular formula is C15H22N2O2. The number of aliphatic hydroxyl groups excluding tert-OH is 1. The van der Waals surface area contributed by atoms with Crippen LogP contribution in [0.5, 0.6) is 0 Å². The number of benzene rings is 1. The van der Waals surface area contributed by atoms with Crippen LogP contribution in [0.1, 0.15) is 30.9 Å². The highest BCUT2D eigenvalue weighted by atomic mass is 16.3. The van der Waals surface area contributed by atoms with Crippen LogP contribution in [-0.2, 0) is 17.9 Å². The van der Waals surface area contributed by atoms with Crippen LogP contribution < -0.4 is 5.32 Å². The minimum absolute atomic E-state index is 0.00999. The Bertz CT molecular complexity index is 434. The molecule has 2 rings (SSSR count). The number of carbonyl (C=O) groups excluding carboxylic acids is 1. The van der Waals surface area contributed by atoms with E-state index in [4.69, 9.17) is 0 Å². The van der Waals surface area contributed by atoms with Crippen LogP contribution in [0.2, 0.25) is 0 Å². The van der Waals surface area contributed by atoms with Gasteiger partial charge in [-0.1, -0.05) is 24.3 Å². The summed E-state index contributed by atoms with van der Waals surface area (Å²) in [4.78, 5) is 13.3. The van der Waals surface area contributed by atoms with Gasteiger partial charge in [-0.05, 0) is 30.5 Å². The van der Waals surface area contributed by atoms with Gasteiger partial charge in [0.15, 0.2) is 0 Å². The summed E-state index contributed by atoms with van der Waals surface area (Å²) in [5.74, 6) is -0.00999. The number of likely N-dealkylation sites (tertiary alicyclic amines) is 1. The van der Waals surface area contributed by atoms with Gasteiger partial charge in [-0.15, -0.1) is 0 Å². The number of nitrogens with zero attached hydrogens (tertiary/aromatic N) is 1. The van der Waals surface area contributed by atoms with Gasteiger partial charge in [0, 0.05) is 26.1 Å². The van der Waals surface area contributed by atoms with Crippen molar-refractivity contribution in [3.8, 4) is 0 Å². The molecule has 1 heterocycles. The lowest BCUT2D eigenvalue weighted by atomic mass is 10.1. The minimum atomic E-state index is -0.00999. The molecule has 1 aliphatic rings. The van der Waals surface area contributed by atoms with Crippen molar-refractivity contribution in [3.63, 3.8) is 0 Å². The average Bonchev–Trinajstić information content (AvgIpc) is 2.85. The molecule has 1 aliphatic heterocycles. The van der Waals surface area contributed by atoms with E-state index < -0.39 is 0 Å². The monoisotopic (exact) mass is 262 g/mol. The Labute approximate surface area is 114 Å². The molecule has 0 spiro atoms. The lowest BCUT2D eigenvalue weighted by Gasteiger charge is -2.24. The summed E-state index contributed by atoms with van der Waals surface area (Å²) >= 11 is 0. The second kappa shape index (κ2) is 6.68. The standard InChI is InChI=1S/C15H22N2O2/c1-12(19)16-9-13-5-2-3-6-14(13)10-17-8-4-7-15(17)11-18/h2-3,5-6,15,18H,4,7-11H2,1H3,(H,16,19). The van der Waals surface area contributed by atoms with Crippen molar-refractivity contribution in [3.05, 3.63) is 35.4 Å². The first kappa shape index (κ1) is 14.0. The highest BCUT2D eigenvalue weighted by molar-refractivity contribution is 5.72. The molecule has 2 N–H and O–H groups in total. The fourth-order valence-corrected chi connectivity index (χ4v) is 2.63. The molecule has 4 nitrogen and oxygen atoms in total. The summed E-state index contributed by atoms with van der Waals surface area (Å²) in [6.45, 7) is 4.22. The first-order valence-electron chi connectivity index (χ1n) is 6.87. The van der Waals surface area contributed by atoms with E-state index in [1.165, 1.54) is 12.5 Å². The fraction of sp³-hybridized carbons (Fsp3) is 0.533. The van der Waals surface area contributed by atoms with Gasteiger partial charge in [0.25, 0.3) is 0 Å². The van der Waals surface area contributed by atoms with E-state index in [1.54, 1.807) is 0 Å². The number of amides is 1. The molecule has 4 heteroatoms. The second-order valence-corrected chi connectivity index (χ2v) is 5.13. The highest BCUT2D eigenvalue weighted by Crippen LogP contribution is 2.21.